The van der Waals surface area contributed by atoms with Crippen LogP contribution in [0, 0.1) is 17.3 Å². The zero-order valence-corrected chi connectivity index (χ0v) is 11.7. The second-order valence-corrected chi connectivity index (χ2v) is 7.17. The quantitative estimate of drug-likeness (QED) is 0.742. The van der Waals surface area contributed by atoms with Crippen molar-refractivity contribution >= 4 is 0 Å². The van der Waals surface area contributed by atoms with Gasteiger partial charge in [-0.25, -0.2) is 0 Å². The summed E-state index contributed by atoms with van der Waals surface area (Å²) in [6.07, 6.45) is 1.09. The first kappa shape index (κ1) is 12.9. The maximum absolute atomic E-state index is 11.2. The van der Waals surface area contributed by atoms with E-state index in [4.69, 9.17) is 5.73 Å². The van der Waals surface area contributed by atoms with Gasteiger partial charge in [0.2, 0.25) is 0 Å². The van der Waals surface area contributed by atoms with Gasteiger partial charge in [-0.2, -0.15) is 0 Å². The molecule has 0 spiro atoms. The number of hydrogen-bond donors (Lipinski definition) is 2. The molecule has 4 fully saturated rings. The molecule has 4 bridgehead atoms. The van der Waals surface area contributed by atoms with E-state index in [1.807, 2.05) is 0 Å². The molecule has 4 nitrogen and oxygen atoms in total. The SMILES string of the molecule is CC(C)CC12CN3CCN(CC(C3)C1(O)CN)C2. The van der Waals surface area contributed by atoms with Gasteiger partial charge in [0.25, 0.3) is 0 Å². The molecule has 3 N–H and O–H groups in total. The summed E-state index contributed by atoms with van der Waals surface area (Å²) in [5.41, 5.74) is 5.36. The molecule has 0 aromatic carbocycles. The minimum absolute atomic E-state index is 0.00637. The predicted octanol–water partition coefficient (Wildman–Crippen LogP) is -0.0303. The van der Waals surface area contributed by atoms with Gasteiger partial charge in [0.1, 0.15) is 0 Å². The summed E-state index contributed by atoms with van der Waals surface area (Å²) >= 11 is 0. The molecule has 0 saturated carbocycles. The third-order valence-corrected chi connectivity index (χ3v) is 5.45. The van der Waals surface area contributed by atoms with Gasteiger partial charge >= 0.3 is 0 Å². The molecule has 104 valence electrons. The Morgan fingerprint density at radius 3 is 2.22 bits per heavy atom. The molecule has 4 aliphatic heterocycles. The van der Waals surface area contributed by atoms with E-state index >= 15 is 0 Å². The van der Waals surface area contributed by atoms with Gasteiger partial charge < -0.3 is 20.6 Å². The van der Waals surface area contributed by atoms with Gasteiger partial charge in [-0.3, -0.25) is 0 Å². The monoisotopic (exact) mass is 253 g/mol. The topological polar surface area (TPSA) is 52.7 Å². The zero-order valence-electron chi connectivity index (χ0n) is 11.7. The van der Waals surface area contributed by atoms with E-state index in [2.05, 4.69) is 23.6 Å². The minimum Gasteiger partial charge on any atom is -0.387 e. The highest BCUT2D eigenvalue weighted by Gasteiger charge is 2.62. The van der Waals surface area contributed by atoms with Crippen LogP contribution in [-0.4, -0.2) is 66.3 Å². The molecule has 18 heavy (non-hydrogen) atoms. The van der Waals surface area contributed by atoms with Crippen LogP contribution in [0.3, 0.4) is 0 Å². The normalized spacial score (nSPS) is 50.8. The fourth-order valence-electron chi connectivity index (χ4n) is 4.82. The molecule has 4 rings (SSSR count). The van der Waals surface area contributed by atoms with E-state index in [1.165, 1.54) is 0 Å². The first-order valence-corrected chi connectivity index (χ1v) is 7.36. The lowest BCUT2D eigenvalue weighted by Gasteiger charge is -2.61. The molecule has 4 heteroatoms. The highest BCUT2D eigenvalue weighted by atomic mass is 16.3. The molecular weight excluding hydrogens is 226 g/mol. The van der Waals surface area contributed by atoms with Crippen molar-refractivity contribution in [3.63, 3.8) is 0 Å². The molecule has 3 atom stereocenters. The van der Waals surface area contributed by atoms with E-state index in [0.717, 1.165) is 45.7 Å². The third kappa shape index (κ3) is 1.66. The molecule has 4 saturated heterocycles. The highest BCUT2D eigenvalue weighted by Crippen LogP contribution is 2.50. The number of piperidine rings is 2. The molecule has 0 amide bonds. The summed E-state index contributed by atoms with van der Waals surface area (Å²) in [6, 6.07) is 0. The molecule has 0 aliphatic carbocycles. The largest absolute Gasteiger partial charge is 0.387 e. The molecule has 3 unspecified atom stereocenters. The Morgan fingerprint density at radius 2 is 1.78 bits per heavy atom. The predicted molar refractivity (Wildman–Crippen MR) is 72.3 cm³/mol. The second kappa shape index (κ2) is 4.17. The average Bonchev–Trinajstić information content (AvgIpc) is 2.53. The fraction of sp³-hybridized carbons (Fsp3) is 1.00. The lowest BCUT2D eigenvalue weighted by Crippen LogP contribution is -2.73. The van der Waals surface area contributed by atoms with Crippen molar-refractivity contribution in [2.75, 3.05) is 45.8 Å². The average molecular weight is 253 g/mol. The van der Waals surface area contributed by atoms with Crippen molar-refractivity contribution in [3.05, 3.63) is 0 Å². The van der Waals surface area contributed by atoms with Crippen LogP contribution < -0.4 is 5.73 Å². The van der Waals surface area contributed by atoms with Crippen LogP contribution in [0.5, 0.6) is 0 Å². The van der Waals surface area contributed by atoms with Gasteiger partial charge in [-0.05, 0) is 12.3 Å². The molecule has 0 radical (unpaired) electrons. The Hall–Kier alpha value is -0.160. The van der Waals surface area contributed by atoms with Crippen LogP contribution in [-0.2, 0) is 0 Å². The van der Waals surface area contributed by atoms with Gasteiger partial charge in [0.05, 0.1) is 5.60 Å². The van der Waals surface area contributed by atoms with E-state index in [1.54, 1.807) is 0 Å². The molecular formula is C14H27N3O. The van der Waals surface area contributed by atoms with Crippen LogP contribution in [0.1, 0.15) is 20.3 Å². The standard InChI is InChI=1S/C14H27N3O/c1-11(2)5-13-9-16-3-4-17(10-13)7-12(6-16)14(13,18)8-15/h11-12,18H,3-10,15H2,1-2H3. The summed E-state index contributed by atoms with van der Waals surface area (Å²) in [5, 5.41) is 11.2. The van der Waals surface area contributed by atoms with Crippen molar-refractivity contribution in [3.8, 4) is 0 Å². The number of aliphatic hydroxyl groups is 1. The van der Waals surface area contributed by atoms with Crippen LogP contribution in [0.2, 0.25) is 0 Å². The Kier molecular flexibility index (Phi) is 2.98. The Balaban J connectivity index is 2.00. The van der Waals surface area contributed by atoms with Crippen molar-refractivity contribution in [1.29, 1.82) is 0 Å². The van der Waals surface area contributed by atoms with E-state index in [9.17, 15) is 5.11 Å². The number of nitrogens with zero attached hydrogens (tertiary/aromatic N) is 2. The summed E-state index contributed by atoms with van der Waals surface area (Å²) in [7, 11) is 0. The number of rotatable bonds is 3. The summed E-state index contributed by atoms with van der Waals surface area (Å²) in [5.74, 6) is 0.952. The van der Waals surface area contributed by atoms with E-state index in [-0.39, 0.29) is 5.41 Å². The smallest absolute Gasteiger partial charge is 0.0902 e. The maximum atomic E-state index is 11.2. The number of fused-ring (bicyclic) bond motifs is 1. The molecule has 4 heterocycles. The zero-order chi connectivity index (χ0) is 13.0. The molecule has 0 aromatic heterocycles. The Labute approximate surface area is 110 Å². The van der Waals surface area contributed by atoms with Crippen molar-refractivity contribution in [2.45, 2.75) is 25.9 Å². The van der Waals surface area contributed by atoms with Crippen molar-refractivity contribution in [1.82, 2.24) is 9.80 Å². The summed E-state index contributed by atoms with van der Waals surface area (Å²) in [4.78, 5) is 5.12. The maximum Gasteiger partial charge on any atom is 0.0902 e. The first-order chi connectivity index (χ1) is 8.49. The van der Waals surface area contributed by atoms with Crippen LogP contribution in [0.25, 0.3) is 0 Å². The van der Waals surface area contributed by atoms with Crippen molar-refractivity contribution in [2.24, 2.45) is 23.0 Å². The second-order valence-electron chi connectivity index (χ2n) is 7.17. The number of hydrogen-bond acceptors (Lipinski definition) is 4. The lowest BCUT2D eigenvalue weighted by atomic mass is 9.57. The van der Waals surface area contributed by atoms with Crippen LogP contribution in [0.4, 0.5) is 0 Å². The van der Waals surface area contributed by atoms with E-state index in [0.29, 0.717) is 18.4 Å². The van der Waals surface area contributed by atoms with Gasteiger partial charge in [-0.15, -0.1) is 0 Å². The van der Waals surface area contributed by atoms with Crippen molar-refractivity contribution < 1.29 is 5.11 Å². The Bertz CT molecular complexity index is 317. The Morgan fingerprint density at radius 1 is 1.22 bits per heavy atom. The number of nitrogens with two attached hydrogens (primary N) is 1. The highest BCUT2D eigenvalue weighted by molar-refractivity contribution is 5.15. The molecule has 0 aromatic rings. The summed E-state index contributed by atoms with van der Waals surface area (Å²) in [6.45, 7) is 11.4. The van der Waals surface area contributed by atoms with Gasteiger partial charge in [0.15, 0.2) is 0 Å². The fourth-order valence-corrected chi connectivity index (χ4v) is 4.82. The van der Waals surface area contributed by atoms with Gasteiger partial charge in [-0.1, -0.05) is 13.8 Å². The minimum atomic E-state index is -0.644. The van der Waals surface area contributed by atoms with Crippen LogP contribution >= 0.6 is 0 Å². The summed E-state index contributed by atoms with van der Waals surface area (Å²) < 4.78 is 0. The lowest BCUT2D eigenvalue weighted by molar-refractivity contribution is -0.198. The first-order valence-electron chi connectivity index (χ1n) is 7.36. The third-order valence-electron chi connectivity index (χ3n) is 5.45. The van der Waals surface area contributed by atoms with Crippen LogP contribution in [0.15, 0.2) is 0 Å². The van der Waals surface area contributed by atoms with Gasteiger partial charge in [0, 0.05) is 57.1 Å². The molecule has 4 aliphatic rings. The van der Waals surface area contributed by atoms with E-state index < -0.39 is 5.60 Å².